The monoisotopic (exact) mass is 271 g/mol. The van der Waals surface area contributed by atoms with Crippen molar-refractivity contribution in [3.8, 4) is 0 Å². The average molecular weight is 271 g/mol. The minimum Gasteiger partial charge on any atom is -0.352 e. The zero-order valence-corrected chi connectivity index (χ0v) is 11.1. The van der Waals surface area contributed by atoms with Gasteiger partial charge >= 0.3 is 0 Å². The van der Waals surface area contributed by atoms with Gasteiger partial charge in [0.15, 0.2) is 0 Å². The highest BCUT2D eigenvalue weighted by Crippen LogP contribution is 2.06. The highest BCUT2D eigenvalue weighted by Gasteiger charge is 2.05. The molecule has 0 saturated carbocycles. The van der Waals surface area contributed by atoms with Crippen LogP contribution in [0.25, 0.3) is 5.65 Å². The van der Waals surface area contributed by atoms with Crippen LogP contribution in [0.3, 0.4) is 0 Å². The van der Waals surface area contributed by atoms with Crippen LogP contribution in [0.4, 0.5) is 0 Å². The maximum Gasteiger partial charge on any atom is 0.252 e. The van der Waals surface area contributed by atoms with Crippen molar-refractivity contribution in [2.75, 3.05) is 6.54 Å². The van der Waals surface area contributed by atoms with Gasteiger partial charge < -0.3 is 9.72 Å². The fourth-order valence-corrected chi connectivity index (χ4v) is 2.54. The molecule has 0 spiro atoms. The van der Waals surface area contributed by atoms with Crippen molar-refractivity contribution in [1.29, 1.82) is 0 Å². The lowest BCUT2D eigenvalue weighted by Crippen LogP contribution is -2.25. The molecule has 3 heterocycles. The molecule has 96 valence electrons. The Balaban J connectivity index is 1.59. The van der Waals surface area contributed by atoms with Gasteiger partial charge in [-0.05, 0) is 23.6 Å². The first-order valence-corrected chi connectivity index (χ1v) is 7.00. The molecule has 0 saturated heterocycles. The van der Waals surface area contributed by atoms with Crippen molar-refractivity contribution in [1.82, 2.24) is 14.7 Å². The second-order valence-corrected chi connectivity index (χ2v) is 5.00. The number of imidazole rings is 1. The van der Waals surface area contributed by atoms with E-state index in [9.17, 15) is 4.79 Å². The lowest BCUT2D eigenvalue weighted by Gasteiger charge is -2.01. The summed E-state index contributed by atoms with van der Waals surface area (Å²) in [5, 5.41) is 6.64. The van der Waals surface area contributed by atoms with Crippen LogP contribution in [0.1, 0.15) is 16.1 Å². The van der Waals surface area contributed by atoms with Gasteiger partial charge in [-0.25, -0.2) is 4.98 Å². The molecule has 0 fully saturated rings. The third kappa shape index (κ3) is 2.66. The predicted octanol–water partition coefficient (Wildman–Crippen LogP) is 2.37. The first-order valence-electron chi connectivity index (χ1n) is 6.06. The zero-order chi connectivity index (χ0) is 13.1. The number of carbonyl (C=O) groups is 1. The molecule has 19 heavy (non-hydrogen) atoms. The second kappa shape index (κ2) is 5.24. The summed E-state index contributed by atoms with van der Waals surface area (Å²) in [6.07, 6.45) is 4.69. The second-order valence-electron chi connectivity index (χ2n) is 4.22. The Bertz CT molecular complexity index is 655. The molecule has 0 radical (unpaired) electrons. The van der Waals surface area contributed by atoms with E-state index in [0.717, 1.165) is 23.3 Å². The van der Waals surface area contributed by atoms with Gasteiger partial charge in [0, 0.05) is 36.3 Å². The van der Waals surface area contributed by atoms with Gasteiger partial charge in [0.05, 0.1) is 5.69 Å². The van der Waals surface area contributed by atoms with Crippen molar-refractivity contribution >= 4 is 22.9 Å². The van der Waals surface area contributed by atoms with E-state index in [2.05, 4.69) is 10.3 Å². The Hall–Kier alpha value is -2.14. The number of amides is 1. The van der Waals surface area contributed by atoms with Crippen LogP contribution in [-0.2, 0) is 6.42 Å². The SMILES string of the molecule is O=C(NCCc1cn2ccccc2n1)c1ccsc1. The number of fused-ring (bicyclic) bond motifs is 1. The summed E-state index contributed by atoms with van der Waals surface area (Å²) in [4.78, 5) is 16.2. The first-order chi connectivity index (χ1) is 9.33. The molecule has 3 aromatic rings. The predicted molar refractivity (Wildman–Crippen MR) is 75.5 cm³/mol. The lowest BCUT2D eigenvalue weighted by molar-refractivity contribution is 0.0954. The van der Waals surface area contributed by atoms with E-state index in [1.165, 1.54) is 11.3 Å². The molecule has 0 bridgehead atoms. The van der Waals surface area contributed by atoms with E-state index < -0.39 is 0 Å². The number of rotatable bonds is 4. The normalized spacial score (nSPS) is 10.7. The van der Waals surface area contributed by atoms with Gasteiger partial charge in [0.1, 0.15) is 5.65 Å². The highest BCUT2D eigenvalue weighted by atomic mass is 32.1. The summed E-state index contributed by atoms with van der Waals surface area (Å²) in [6.45, 7) is 0.596. The molecule has 0 aromatic carbocycles. The molecule has 5 heteroatoms. The quantitative estimate of drug-likeness (QED) is 0.792. The van der Waals surface area contributed by atoms with Gasteiger partial charge in [-0.3, -0.25) is 4.79 Å². The van der Waals surface area contributed by atoms with E-state index in [1.54, 1.807) is 0 Å². The van der Waals surface area contributed by atoms with Crippen molar-refractivity contribution in [3.63, 3.8) is 0 Å². The minimum absolute atomic E-state index is 0.0231. The molecule has 0 aliphatic heterocycles. The number of nitrogens with one attached hydrogen (secondary N) is 1. The Morgan fingerprint density at radius 2 is 2.32 bits per heavy atom. The largest absolute Gasteiger partial charge is 0.352 e. The fourth-order valence-electron chi connectivity index (χ4n) is 1.91. The maximum atomic E-state index is 11.7. The van der Waals surface area contributed by atoms with Gasteiger partial charge in [-0.1, -0.05) is 6.07 Å². The van der Waals surface area contributed by atoms with E-state index in [4.69, 9.17) is 0 Å². The van der Waals surface area contributed by atoms with E-state index in [0.29, 0.717) is 6.54 Å². The van der Waals surface area contributed by atoms with Gasteiger partial charge in [0.2, 0.25) is 0 Å². The fraction of sp³-hybridized carbons (Fsp3) is 0.143. The summed E-state index contributed by atoms with van der Waals surface area (Å²) in [5.41, 5.74) is 2.64. The lowest BCUT2D eigenvalue weighted by atomic mass is 10.3. The van der Waals surface area contributed by atoms with Crippen LogP contribution in [0.2, 0.25) is 0 Å². The molecular weight excluding hydrogens is 258 g/mol. The molecule has 0 unspecified atom stereocenters. The summed E-state index contributed by atoms with van der Waals surface area (Å²) < 4.78 is 1.98. The molecule has 1 amide bonds. The molecule has 1 N–H and O–H groups in total. The van der Waals surface area contributed by atoms with Crippen LogP contribution in [0.5, 0.6) is 0 Å². The number of aromatic nitrogens is 2. The molecule has 0 atom stereocenters. The Morgan fingerprint density at radius 1 is 1.37 bits per heavy atom. The third-order valence-corrected chi connectivity index (χ3v) is 3.55. The molecular formula is C14H13N3OS. The summed E-state index contributed by atoms with van der Waals surface area (Å²) in [6, 6.07) is 7.72. The number of hydrogen-bond acceptors (Lipinski definition) is 3. The molecule has 3 aromatic heterocycles. The Labute approximate surface area is 114 Å². The Kier molecular flexibility index (Phi) is 3.29. The van der Waals surface area contributed by atoms with Crippen LogP contribution >= 0.6 is 11.3 Å². The zero-order valence-electron chi connectivity index (χ0n) is 10.2. The maximum absolute atomic E-state index is 11.7. The third-order valence-electron chi connectivity index (χ3n) is 2.86. The summed E-state index contributed by atoms with van der Waals surface area (Å²) >= 11 is 1.52. The van der Waals surface area contributed by atoms with E-state index in [1.807, 2.05) is 51.8 Å². The number of nitrogens with zero attached hydrogens (tertiary/aromatic N) is 2. The van der Waals surface area contributed by atoms with Crippen LogP contribution in [0.15, 0.2) is 47.4 Å². The van der Waals surface area contributed by atoms with E-state index >= 15 is 0 Å². The van der Waals surface area contributed by atoms with Crippen molar-refractivity contribution in [2.24, 2.45) is 0 Å². The highest BCUT2D eigenvalue weighted by molar-refractivity contribution is 7.08. The van der Waals surface area contributed by atoms with Crippen LogP contribution in [-0.4, -0.2) is 21.8 Å². The number of carbonyl (C=O) groups excluding carboxylic acids is 1. The number of hydrogen-bond donors (Lipinski definition) is 1. The first kappa shape index (κ1) is 11.9. The molecule has 0 aliphatic carbocycles. The van der Waals surface area contributed by atoms with Crippen molar-refractivity contribution in [3.05, 3.63) is 58.7 Å². The molecule has 3 rings (SSSR count). The Morgan fingerprint density at radius 3 is 3.11 bits per heavy atom. The van der Waals surface area contributed by atoms with Gasteiger partial charge in [0.25, 0.3) is 5.91 Å². The minimum atomic E-state index is -0.0231. The smallest absolute Gasteiger partial charge is 0.252 e. The van der Waals surface area contributed by atoms with Crippen molar-refractivity contribution < 1.29 is 4.79 Å². The summed E-state index contributed by atoms with van der Waals surface area (Å²) in [5.74, 6) is -0.0231. The average Bonchev–Trinajstić information content (AvgIpc) is 3.07. The number of thiophene rings is 1. The standard InChI is InChI=1S/C14H13N3OS/c18-14(11-5-8-19-10-11)15-6-4-12-9-17-7-2-1-3-13(17)16-12/h1-3,5,7-10H,4,6H2,(H,15,18). The van der Waals surface area contributed by atoms with Crippen LogP contribution < -0.4 is 5.32 Å². The van der Waals surface area contributed by atoms with E-state index in [-0.39, 0.29) is 5.91 Å². The summed E-state index contributed by atoms with van der Waals surface area (Å²) in [7, 11) is 0. The molecule has 0 aliphatic rings. The van der Waals surface area contributed by atoms with Gasteiger partial charge in [-0.2, -0.15) is 11.3 Å². The topological polar surface area (TPSA) is 46.4 Å². The molecule has 4 nitrogen and oxygen atoms in total. The number of pyridine rings is 1. The van der Waals surface area contributed by atoms with Crippen molar-refractivity contribution in [2.45, 2.75) is 6.42 Å². The van der Waals surface area contributed by atoms with Crippen LogP contribution in [0, 0.1) is 0 Å². The van der Waals surface area contributed by atoms with Gasteiger partial charge in [-0.15, -0.1) is 0 Å².